The number of nitriles is 1. The molecule has 0 heterocycles. The van der Waals surface area contributed by atoms with E-state index in [1.807, 2.05) is 6.07 Å². The molecule has 1 aliphatic rings. The van der Waals surface area contributed by atoms with Crippen molar-refractivity contribution < 1.29 is 29.2 Å². The molecule has 3 rings (SSSR count). The molecule has 0 radical (unpaired) electrons. The number of carbonyl (C=O) groups excluding carboxylic acids is 1. The zero-order valence-corrected chi connectivity index (χ0v) is 19.7. The van der Waals surface area contributed by atoms with Crippen molar-refractivity contribution >= 4 is 17.5 Å². The van der Waals surface area contributed by atoms with Gasteiger partial charge in [-0.25, -0.2) is 0 Å². The molecule has 9 heteroatoms. The largest absolute Gasteiger partial charge is 0.390 e. The third-order valence-corrected chi connectivity index (χ3v) is 6.08. The van der Waals surface area contributed by atoms with Crippen LogP contribution in [0.15, 0.2) is 48.5 Å². The van der Waals surface area contributed by atoms with Crippen LogP contribution < -0.4 is 5.32 Å². The van der Waals surface area contributed by atoms with E-state index in [4.69, 9.17) is 25.8 Å². The molecule has 0 saturated heterocycles. The first-order valence-corrected chi connectivity index (χ1v) is 11.4. The number of rotatable bonds is 10. The molecule has 1 fully saturated rings. The molecule has 4 atom stereocenters. The van der Waals surface area contributed by atoms with Gasteiger partial charge in [0.05, 0.1) is 43.7 Å². The van der Waals surface area contributed by atoms with Gasteiger partial charge >= 0.3 is 0 Å². The number of hydrogen-bond acceptors (Lipinski definition) is 7. The summed E-state index contributed by atoms with van der Waals surface area (Å²) in [6, 6.07) is 16.1. The van der Waals surface area contributed by atoms with E-state index in [0.29, 0.717) is 22.8 Å². The van der Waals surface area contributed by atoms with Crippen molar-refractivity contribution in [1.82, 2.24) is 5.32 Å². The van der Waals surface area contributed by atoms with Crippen LogP contribution in [0.5, 0.6) is 0 Å². The predicted octanol–water partition coefficient (Wildman–Crippen LogP) is 2.33. The number of benzene rings is 2. The Hall–Kier alpha value is -2.51. The molecule has 0 bridgehead atoms. The summed E-state index contributed by atoms with van der Waals surface area (Å²) in [7, 11) is 1.53. The minimum atomic E-state index is -1.45. The number of halogens is 1. The highest BCUT2D eigenvalue weighted by Crippen LogP contribution is 2.36. The number of hydrogen-bond donors (Lipinski definition) is 3. The first-order chi connectivity index (χ1) is 16.4. The van der Waals surface area contributed by atoms with Gasteiger partial charge in [0.2, 0.25) is 0 Å². The topological polar surface area (TPSA) is 121 Å². The first-order valence-electron chi connectivity index (χ1n) is 11.0. The summed E-state index contributed by atoms with van der Waals surface area (Å²) < 4.78 is 17.1. The van der Waals surface area contributed by atoms with Gasteiger partial charge in [-0.15, -0.1) is 0 Å². The fraction of sp³-hybridized carbons (Fsp3) is 0.440. The van der Waals surface area contributed by atoms with Crippen molar-refractivity contribution in [2.75, 3.05) is 20.3 Å². The van der Waals surface area contributed by atoms with Gasteiger partial charge in [0.25, 0.3) is 5.91 Å². The molecule has 3 N–H and O–H groups in total. The van der Waals surface area contributed by atoms with E-state index in [-0.39, 0.29) is 32.6 Å². The van der Waals surface area contributed by atoms with E-state index in [9.17, 15) is 20.3 Å². The molecule has 1 unspecified atom stereocenters. The Morgan fingerprint density at radius 1 is 1.21 bits per heavy atom. The van der Waals surface area contributed by atoms with E-state index < -0.39 is 29.8 Å². The van der Waals surface area contributed by atoms with E-state index in [1.165, 1.54) is 7.11 Å². The molecule has 182 valence electrons. The van der Waals surface area contributed by atoms with Crippen LogP contribution in [0.1, 0.15) is 29.5 Å². The van der Waals surface area contributed by atoms with E-state index in [0.717, 1.165) is 5.56 Å². The molecule has 2 aromatic rings. The van der Waals surface area contributed by atoms with Crippen molar-refractivity contribution in [1.29, 1.82) is 5.26 Å². The standard InChI is InChI=1S/C25H29ClN2O6/c1-32-10-9-28-24(31)25(34-15-17-5-4-8-20(26)11-17)12-21(29)23(30)22(13-25)33-16-19-7-3-2-6-18(19)14-27/h2-8,11,21-23,29-30H,9-10,12-13,15-16H2,1H3,(H,28,31)/t21-,22?,23-,25+/m1/s1. The number of nitrogens with one attached hydrogen (secondary N) is 1. The maximum Gasteiger partial charge on any atom is 0.252 e. The average Bonchev–Trinajstić information content (AvgIpc) is 2.84. The first kappa shape index (κ1) is 26.1. The fourth-order valence-electron chi connectivity index (χ4n) is 3.99. The van der Waals surface area contributed by atoms with Gasteiger partial charge in [-0.05, 0) is 29.3 Å². The van der Waals surface area contributed by atoms with Crippen molar-refractivity contribution in [2.24, 2.45) is 0 Å². The second kappa shape index (κ2) is 12.3. The average molecular weight is 489 g/mol. The maximum atomic E-state index is 13.2. The molecule has 34 heavy (non-hydrogen) atoms. The molecule has 2 aromatic carbocycles. The van der Waals surface area contributed by atoms with Crippen molar-refractivity contribution in [3.63, 3.8) is 0 Å². The third kappa shape index (κ3) is 6.54. The maximum absolute atomic E-state index is 13.2. The summed E-state index contributed by atoms with van der Waals surface area (Å²) in [5, 5.41) is 33.9. The number of aliphatic hydroxyl groups excluding tert-OH is 2. The lowest BCUT2D eigenvalue weighted by atomic mass is 9.78. The Morgan fingerprint density at radius 2 is 2.00 bits per heavy atom. The lowest BCUT2D eigenvalue weighted by molar-refractivity contribution is -0.200. The molecule has 1 aliphatic carbocycles. The molecule has 0 aliphatic heterocycles. The van der Waals surface area contributed by atoms with E-state index in [2.05, 4.69) is 11.4 Å². The molecule has 1 saturated carbocycles. The normalized spacial score (nSPS) is 24.4. The molecule has 8 nitrogen and oxygen atoms in total. The molecule has 0 spiro atoms. The number of carbonyl (C=O) groups is 1. The van der Waals surface area contributed by atoms with Gasteiger partial charge in [0.1, 0.15) is 6.10 Å². The van der Waals surface area contributed by atoms with Crippen LogP contribution in [-0.4, -0.2) is 60.3 Å². The molecular weight excluding hydrogens is 460 g/mol. The summed E-state index contributed by atoms with van der Waals surface area (Å²) >= 11 is 6.07. The number of aliphatic hydroxyl groups is 2. The van der Waals surface area contributed by atoms with Crippen molar-refractivity contribution in [3.8, 4) is 6.07 Å². The lowest BCUT2D eigenvalue weighted by Crippen LogP contribution is -2.60. The summed E-state index contributed by atoms with van der Waals surface area (Å²) in [5.74, 6) is -0.427. The van der Waals surface area contributed by atoms with Crippen LogP contribution in [0, 0.1) is 11.3 Å². The fourth-order valence-corrected chi connectivity index (χ4v) is 4.20. The van der Waals surface area contributed by atoms with Gasteiger partial charge in [-0.2, -0.15) is 5.26 Å². The third-order valence-electron chi connectivity index (χ3n) is 5.85. The summed E-state index contributed by atoms with van der Waals surface area (Å²) in [5.41, 5.74) is 0.410. The van der Waals surface area contributed by atoms with Crippen LogP contribution in [0.3, 0.4) is 0 Å². The zero-order chi connectivity index (χ0) is 24.6. The quantitative estimate of drug-likeness (QED) is 0.439. The minimum absolute atomic E-state index is 0.0132. The van der Waals surface area contributed by atoms with Gasteiger partial charge in [0.15, 0.2) is 5.60 Å². The Balaban J connectivity index is 1.81. The van der Waals surface area contributed by atoms with Gasteiger partial charge in [0, 0.05) is 31.5 Å². The highest BCUT2D eigenvalue weighted by molar-refractivity contribution is 6.30. The second-order valence-electron chi connectivity index (χ2n) is 8.25. The Kier molecular flexibility index (Phi) is 9.42. The van der Waals surface area contributed by atoms with E-state index in [1.54, 1.807) is 42.5 Å². The zero-order valence-electron chi connectivity index (χ0n) is 18.9. The Bertz CT molecular complexity index is 1010. The van der Waals surface area contributed by atoms with Gasteiger partial charge in [-0.3, -0.25) is 4.79 Å². The number of methoxy groups -OCH3 is 1. The van der Waals surface area contributed by atoms with Crippen molar-refractivity contribution in [2.45, 2.75) is 50.0 Å². The lowest BCUT2D eigenvalue weighted by Gasteiger charge is -2.44. The number of ether oxygens (including phenoxy) is 3. The Morgan fingerprint density at radius 3 is 2.74 bits per heavy atom. The summed E-state index contributed by atoms with van der Waals surface area (Å²) in [4.78, 5) is 13.2. The SMILES string of the molecule is COCCNC(=O)[C@@]1(OCc2cccc(Cl)c2)CC(OCc2ccccc2C#N)[C@H](O)[C@H](O)C1. The monoisotopic (exact) mass is 488 g/mol. The van der Waals surface area contributed by atoms with Crippen LogP contribution in [0.4, 0.5) is 0 Å². The van der Waals surface area contributed by atoms with Crippen LogP contribution >= 0.6 is 11.6 Å². The second-order valence-corrected chi connectivity index (χ2v) is 8.68. The van der Waals surface area contributed by atoms with Gasteiger partial charge in [-0.1, -0.05) is 41.9 Å². The van der Waals surface area contributed by atoms with Crippen LogP contribution in [0.25, 0.3) is 0 Å². The minimum Gasteiger partial charge on any atom is -0.390 e. The Labute approximate surface area is 204 Å². The van der Waals surface area contributed by atoms with Crippen LogP contribution in [-0.2, 0) is 32.2 Å². The highest BCUT2D eigenvalue weighted by atomic mass is 35.5. The molecular formula is C25H29ClN2O6. The summed E-state index contributed by atoms with van der Waals surface area (Å²) in [6.07, 6.45) is -3.47. The number of amides is 1. The highest BCUT2D eigenvalue weighted by Gasteiger charge is 2.51. The summed E-state index contributed by atoms with van der Waals surface area (Å²) in [6.45, 7) is 0.683. The van der Waals surface area contributed by atoms with Crippen molar-refractivity contribution in [3.05, 3.63) is 70.2 Å². The molecule has 0 aromatic heterocycles. The predicted molar refractivity (Wildman–Crippen MR) is 125 cm³/mol. The van der Waals surface area contributed by atoms with Gasteiger partial charge < -0.3 is 29.7 Å². The van der Waals surface area contributed by atoms with Crippen LogP contribution in [0.2, 0.25) is 5.02 Å². The smallest absolute Gasteiger partial charge is 0.252 e. The molecule has 1 amide bonds. The number of nitrogens with zero attached hydrogens (tertiary/aromatic N) is 1. The van der Waals surface area contributed by atoms with E-state index >= 15 is 0 Å².